The van der Waals surface area contributed by atoms with Gasteiger partial charge in [0.1, 0.15) is 0 Å². The standard InChI is InChI=1S/C12H15N/c1-2-4-10(5-3-1)11-6-9-7-12(11)13-8-9/h1-5,9,11-13H,6-8H2/t9-,11+,12-/m0/s1. The highest BCUT2D eigenvalue weighted by atomic mass is 15.0. The molecule has 13 heavy (non-hydrogen) atoms. The van der Waals surface area contributed by atoms with Crippen molar-refractivity contribution in [2.75, 3.05) is 6.54 Å². The molecule has 1 aliphatic heterocycles. The summed E-state index contributed by atoms with van der Waals surface area (Å²) in [5.74, 6) is 1.75. The molecular formula is C12H15N. The zero-order valence-corrected chi connectivity index (χ0v) is 7.74. The normalized spacial score (nSPS) is 36.8. The summed E-state index contributed by atoms with van der Waals surface area (Å²) in [6, 6.07) is 11.7. The molecule has 1 aromatic carbocycles. The molecule has 1 N–H and O–H groups in total. The topological polar surface area (TPSA) is 12.0 Å². The summed E-state index contributed by atoms with van der Waals surface area (Å²) in [4.78, 5) is 0. The van der Waals surface area contributed by atoms with Gasteiger partial charge in [-0.05, 0) is 36.8 Å². The van der Waals surface area contributed by atoms with Crippen molar-refractivity contribution in [3.05, 3.63) is 35.9 Å². The first-order chi connectivity index (χ1) is 6.43. The lowest BCUT2D eigenvalue weighted by molar-refractivity contribution is 0.448. The Labute approximate surface area is 79.2 Å². The van der Waals surface area contributed by atoms with Crippen molar-refractivity contribution in [3.63, 3.8) is 0 Å². The number of nitrogens with one attached hydrogen (secondary N) is 1. The highest BCUT2D eigenvalue weighted by Gasteiger charge is 2.39. The van der Waals surface area contributed by atoms with Crippen molar-refractivity contribution in [3.8, 4) is 0 Å². The Balaban J connectivity index is 1.87. The number of fused-ring (bicyclic) bond motifs is 2. The summed E-state index contributed by atoms with van der Waals surface area (Å²) >= 11 is 0. The summed E-state index contributed by atoms with van der Waals surface area (Å²) < 4.78 is 0. The van der Waals surface area contributed by atoms with Gasteiger partial charge in [-0.15, -0.1) is 0 Å². The minimum Gasteiger partial charge on any atom is -0.313 e. The molecule has 0 unspecified atom stereocenters. The van der Waals surface area contributed by atoms with Gasteiger partial charge in [-0.1, -0.05) is 30.3 Å². The number of hydrogen-bond donors (Lipinski definition) is 1. The largest absolute Gasteiger partial charge is 0.313 e. The molecule has 2 aliphatic rings. The quantitative estimate of drug-likeness (QED) is 0.686. The molecule has 1 heterocycles. The predicted molar refractivity (Wildman–Crippen MR) is 53.7 cm³/mol. The minimum absolute atomic E-state index is 0.771. The third-order valence-electron chi connectivity index (χ3n) is 3.56. The number of rotatable bonds is 1. The third-order valence-corrected chi connectivity index (χ3v) is 3.56. The molecule has 68 valence electrons. The van der Waals surface area contributed by atoms with Gasteiger partial charge in [0.05, 0.1) is 0 Å². The van der Waals surface area contributed by atoms with Gasteiger partial charge in [0, 0.05) is 6.04 Å². The zero-order chi connectivity index (χ0) is 8.67. The van der Waals surface area contributed by atoms with Gasteiger partial charge in [-0.25, -0.2) is 0 Å². The number of piperidine rings is 1. The number of benzene rings is 1. The average molecular weight is 173 g/mol. The molecule has 0 radical (unpaired) electrons. The maximum atomic E-state index is 3.60. The maximum absolute atomic E-state index is 3.60. The maximum Gasteiger partial charge on any atom is 0.0139 e. The third kappa shape index (κ3) is 1.19. The van der Waals surface area contributed by atoms with Crippen molar-refractivity contribution in [2.45, 2.75) is 24.8 Å². The van der Waals surface area contributed by atoms with E-state index in [0.29, 0.717) is 0 Å². The van der Waals surface area contributed by atoms with Crippen LogP contribution in [0.3, 0.4) is 0 Å². The Morgan fingerprint density at radius 3 is 2.54 bits per heavy atom. The van der Waals surface area contributed by atoms with E-state index in [4.69, 9.17) is 0 Å². The van der Waals surface area contributed by atoms with Crippen LogP contribution in [0, 0.1) is 5.92 Å². The molecule has 1 heteroatoms. The van der Waals surface area contributed by atoms with E-state index < -0.39 is 0 Å². The van der Waals surface area contributed by atoms with Crippen LogP contribution in [0.1, 0.15) is 24.3 Å². The van der Waals surface area contributed by atoms with Crippen LogP contribution < -0.4 is 5.32 Å². The molecule has 3 atom stereocenters. The molecule has 1 aromatic rings. The highest BCUT2D eigenvalue weighted by Crippen LogP contribution is 2.41. The summed E-state index contributed by atoms with van der Waals surface area (Å²) in [5, 5.41) is 3.60. The molecule has 0 spiro atoms. The monoisotopic (exact) mass is 173 g/mol. The second kappa shape index (κ2) is 2.85. The van der Waals surface area contributed by atoms with Crippen LogP contribution in [0.4, 0.5) is 0 Å². The van der Waals surface area contributed by atoms with Gasteiger partial charge >= 0.3 is 0 Å². The minimum atomic E-state index is 0.771. The van der Waals surface area contributed by atoms with Gasteiger partial charge in [0.2, 0.25) is 0 Å². The molecule has 1 nitrogen and oxygen atoms in total. The molecule has 1 aliphatic carbocycles. The Hall–Kier alpha value is -0.820. The van der Waals surface area contributed by atoms with Crippen LogP contribution in [0.15, 0.2) is 30.3 Å². The first-order valence-electron chi connectivity index (χ1n) is 5.22. The zero-order valence-electron chi connectivity index (χ0n) is 7.74. The highest BCUT2D eigenvalue weighted by molar-refractivity contribution is 5.24. The fourth-order valence-electron chi connectivity index (χ4n) is 2.92. The second-order valence-electron chi connectivity index (χ2n) is 4.37. The van der Waals surface area contributed by atoms with Crippen molar-refractivity contribution in [1.82, 2.24) is 5.32 Å². The van der Waals surface area contributed by atoms with Crippen LogP contribution in [0.2, 0.25) is 0 Å². The molecule has 0 aromatic heterocycles. The van der Waals surface area contributed by atoms with Crippen LogP contribution in [0.5, 0.6) is 0 Å². The Morgan fingerprint density at radius 2 is 1.92 bits per heavy atom. The van der Waals surface area contributed by atoms with E-state index in [0.717, 1.165) is 17.9 Å². The molecule has 0 amide bonds. The lowest BCUT2D eigenvalue weighted by Gasteiger charge is -2.22. The molecular weight excluding hydrogens is 158 g/mol. The smallest absolute Gasteiger partial charge is 0.0139 e. The van der Waals surface area contributed by atoms with Crippen molar-refractivity contribution >= 4 is 0 Å². The predicted octanol–water partition coefficient (Wildman–Crippen LogP) is 2.15. The van der Waals surface area contributed by atoms with Crippen LogP contribution in [0.25, 0.3) is 0 Å². The van der Waals surface area contributed by atoms with Gasteiger partial charge < -0.3 is 5.32 Å². The van der Waals surface area contributed by atoms with Crippen LogP contribution >= 0.6 is 0 Å². The molecule has 3 rings (SSSR count). The summed E-state index contributed by atoms with van der Waals surface area (Å²) in [6.45, 7) is 1.26. The Morgan fingerprint density at radius 1 is 1.08 bits per heavy atom. The first kappa shape index (κ1) is 7.57. The lowest BCUT2D eigenvalue weighted by atomic mass is 9.92. The van der Waals surface area contributed by atoms with Crippen LogP contribution in [-0.4, -0.2) is 12.6 Å². The summed E-state index contributed by atoms with van der Waals surface area (Å²) in [6.07, 6.45) is 2.81. The van der Waals surface area contributed by atoms with Gasteiger partial charge in [-0.2, -0.15) is 0 Å². The fraction of sp³-hybridized carbons (Fsp3) is 0.500. The molecule has 1 saturated heterocycles. The van der Waals surface area contributed by atoms with Crippen LogP contribution in [-0.2, 0) is 0 Å². The lowest BCUT2D eigenvalue weighted by Crippen LogP contribution is -2.31. The number of hydrogen-bond acceptors (Lipinski definition) is 1. The second-order valence-corrected chi connectivity index (χ2v) is 4.37. The molecule has 2 fully saturated rings. The van der Waals surface area contributed by atoms with Crippen molar-refractivity contribution in [2.24, 2.45) is 5.92 Å². The summed E-state index contributed by atoms with van der Waals surface area (Å²) in [5.41, 5.74) is 1.53. The van der Waals surface area contributed by atoms with Gasteiger partial charge in [-0.3, -0.25) is 0 Å². The molecule has 1 saturated carbocycles. The average Bonchev–Trinajstić information content (AvgIpc) is 2.80. The van der Waals surface area contributed by atoms with E-state index >= 15 is 0 Å². The van der Waals surface area contributed by atoms with E-state index in [-0.39, 0.29) is 0 Å². The first-order valence-corrected chi connectivity index (χ1v) is 5.22. The van der Waals surface area contributed by atoms with Crippen molar-refractivity contribution < 1.29 is 0 Å². The fourth-order valence-corrected chi connectivity index (χ4v) is 2.92. The Kier molecular flexibility index (Phi) is 1.66. The SMILES string of the molecule is c1ccc([C@H]2C[C@@H]3CN[C@H]2C3)cc1. The van der Waals surface area contributed by atoms with Gasteiger partial charge in [0.25, 0.3) is 0 Å². The molecule has 2 bridgehead atoms. The Bertz CT molecular complexity index is 293. The summed E-state index contributed by atoms with van der Waals surface area (Å²) in [7, 11) is 0. The van der Waals surface area contributed by atoms with E-state index in [1.807, 2.05) is 0 Å². The van der Waals surface area contributed by atoms with Gasteiger partial charge in [0.15, 0.2) is 0 Å². The van der Waals surface area contributed by atoms with E-state index in [2.05, 4.69) is 35.6 Å². The van der Waals surface area contributed by atoms with Crippen molar-refractivity contribution in [1.29, 1.82) is 0 Å². The van der Waals surface area contributed by atoms with E-state index in [9.17, 15) is 0 Å². The van der Waals surface area contributed by atoms with E-state index in [1.54, 1.807) is 0 Å². The van der Waals surface area contributed by atoms with E-state index in [1.165, 1.54) is 24.9 Å².